The van der Waals surface area contributed by atoms with Crippen LogP contribution in [0.2, 0.25) is 0 Å². The molecule has 2 aromatic heterocycles. The first-order valence-electron chi connectivity index (χ1n) is 8.71. The van der Waals surface area contributed by atoms with Gasteiger partial charge in [-0.05, 0) is 37.6 Å². The number of nitrogens with zero attached hydrogens (tertiary/aromatic N) is 2. The van der Waals surface area contributed by atoms with Crippen molar-refractivity contribution in [2.45, 2.75) is 33.4 Å². The third kappa shape index (κ3) is 6.07. The van der Waals surface area contributed by atoms with E-state index in [0.717, 1.165) is 30.2 Å². The second-order valence-corrected chi connectivity index (χ2v) is 7.26. The summed E-state index contributed by atoms with van der Waals surface area (Å²) in [5.74, 6) is 1.38. The number of aromatic nitrogens is 1. The minimum atomic E-state index is 0. The van der Waals surface area contributed by atoms with Crippen LogP contribution in [-0.4, -0.2) is 18.0 Å². The molecular weight excluding hydrogens is 471 g/mol. The topological polar surface area (TPSA) is 62.5 Å². The lowest BCUT2D eigenvalue weighted by atomic mass is 10.1. The van der Waals surface area contributed by atoms with Crippen LogP contribution < -0.4 is 10.6 Å². The summed E-state index contributed by atoms with van der Waals surface area (Å²) in [5.41, 5.74) is 3.04. The van der Waals surface area contributed by atoms with Gasteiger partial charge in [-0.2, -0.15) is 0 Å². The van der Waals surface area contributed by atoms with Crippen LogP contribution in [0.3, 0.4) is 0 Å². The van der Waals surface area contributed by atoms with Crippen LogP contribution in [0.15, 0.2) is 52.1 Å². The molecule has 27 heavy (non-hydrogen) atoms. The van der Waals surface area contributed by atoms with Crippen LogP contribution in [-0.2, 0) is 19.5 Å². The molecule has 2 N–H and O–H groups in total. The first-order valence-corrected chi connectivity index (χ1v) is 9.53. The largest absolute Gasteiger partial charge is 0.444 e. The molecule has 0 fully saturated rings. The summed E-state index contributed by atoms with van der Waals surface area (Å²) in [6.45, 7) is 5.55. The lowest BCUT2D eigenvalue weighted by molar-refractivity contribution is 0.572. The van der Waals surface area contributed by atoms with E-state index in [1.807, 2.05) is 23.5 Å². The molecule has 2 heterocycles. The predicted octanol–water partition coefficient (Wildman–Crippen LogP) is 4.76. The summed E-state index contributed by atoms with van der Waals surface area (Å²) < 4.78 is 5.59. The number of hydrogen-bond donors (Lipinski definition) is 2. The highest BCUT2D eigenvalue weighted by molar-refractivity contribution is 14.0. The van der Waals surface area contributed by atoms with Crippen molar-refractivity contribution in [2.24, 2.45) is 4.99 Å². The maximum Gasteiger partial charge on any atom is 0.226 e. The molecule has 0 unspecified atom stereocenters. The fraction of sp³-hybridized carbons (Fsp3) is 0.300. The van der Waals surface area contributed by atoms with E-state index < -0.39 is 0 Å². The number of halogens is 1. The van der Waals surface area contributed by atoms with Crippen molar-refractivity contribution < 1.29 is 4.42 Å². The van der Waals surface area contributed by atoms with Crippen molar-refractivity contribution in [3.8, 4) is 11.5 Å². The number of nitrogens with one attached hydrogen (secondary N) is 2. The molecule has 0 aliphatic carbocycles. The van der Waals surface area contributed by atoms with Crippen molar-refractivity contribution >= 4 is 41.3 Å². The summed E-state index contributed by atoms with van der Waals surface area (Å²) in [6, 6.07) is 12.5. The van der Waals surface area contributed by atoms with Gasteiger partial charge in [-0.1, -0.05) is 24.6 Å². The van der Waals surface area contributed by atoms with Gasteiger partial charge in [-0.25, -0.2) is 4.98 Å². The van der Waals surface area contributed by atoms with Gasteiger partial charge in [0, 0.05) is 22.4 Å². The van der Waals surface area contributed by atoms with Gasteiger partial charge in [0.05, 0.1) is 18.8 Å². The Kier molecular flexibility index (Phi) is 8.30. The normalized spacial score (nSPS) is 11.1. The number of aryl methyl sites for hydroxylation is 2. The minimum Gasteiger partial charge on any atom is -0.444 e. The zero-order chi connectivity index (χ0) is 18.4. The Morgan fingerprint density at radius 3 is 2.44 bits per heavy atom. The first kappa shape index (κ1) is 21.4. The number of benzene rings is 1. The Labute approximate surface area is 181 Å². The molecule has 0 radical (unpaired) electrons. The average molecular weight is 496 g/mol. The summed E-state index contributed by atoms with van der Waals surface area (Å²) in [4.78, 5) is 11.5. The Balaban J connectivity index is 0.00000261. The Bertz CT molecular complexity index is 870. The SMILES string of the molecule is CCc1ccc(CNC(=NC)NCc2coc(-c3ccc(C)cc3)n2)s1.I. The van der Waals surface area contributed by atoms with Gasteiger partial charge in [0.1, 0.15) is 6.26 Å². The van der Waals surface area contributed by atoms with E-state index in [1.165, 1.54) is 15.3 Å². The van der Waals surface area contributed by atoms with Crippen LogP contribution in [0.4, 0.5) is 0 Å². The summed E-state index contributed by atoms with van der Waals surface area (Å²) in [6.07, 6.45) is 2.76. The monoisotopic (exact) mass is 496 g/mol. The second kappa shape index (κ2) is 10.5. The van der Waals surface area contributed by atoms with E-state index in [9.17, 15) is 0 Å². The molecule has 144 valence electrons. The predicted molar refractivity (Wildman–Crippen MR) is 123 cm³/mol. The Hall–Kier alpha value is -1.87. The minimum absolute atomic E-state index is 0. The van der Waals surface area contributed by atoms with Crippen LogP contribution in [0, 0.1) is 6.92 Å². The fourth-order valence-electron chi connectivity index (χ4n) is 2.49. The highest BCUT2D eigenvalue weighted by Gasteiger charge is 2.07. The standard InChI is InChI=1S/C20H24N4OS.HI/c1-4-17-9-10-18(26-17)12-23-20(21-3)22-11-16-13-25-19(24-16)15-7-5-14(2)6-8-15;/h5-10,13H,4,11-12H2,1-3H3,(H2,21,22,23);1H. The number of guanidine groups is 1. The highest BCUT2D eigenvalue weighted by Crippen LogP contribution is 2.19. The third-order valence-corrected chi connectivity index (χ3v) is 5.24. The van der Waals surface area contributed by atoms with Crippen LogP contribution in [0.1, 0.15) is 27.9 Å². The van der Waals surface area contributed by atoms with Gasteiger partial charge < -0.3 is 15.1 Å². The van der Waals surface area contributed by atoms with Gasteiger partial charge in [0.2, 0.25) is 5.89 Å². The summed E-state index contributed by atoms with van der Waals surface area (Å²) in [5, 5.41) is 6.60. The van der Waals surface area contributed by atoms with Crippen molar-refractivity contribution in [1.82, 2.24) is 15.6 Å². The van der Waals surface area contributed by atoms with Crippen molar-refractivity contribution in [1.29, 1.82) is 0 Å². The number of aliphatic imine (C=N–C) groups is 1. The number of thiophene rings is 1. The van der Waals surface area contributed by atoms with Gasteiger partial charge in [0.25, 0.3) is 0 Å². The van der Waals surface area contributed by atoms with Gasteiger partial charge in [0.15, 0.2) is 5.96 Å². The summed E-state index contributed by atoms with van der Waals surface area (Å²) >= 11 is 1.83. The molecule has 5 nitrogen and oxygen atoms in total. The molecule has 0 amide bonds. The number of rotatable bonds is 6. The first-order chi connectivity index (χ1) is 12.7. The Morgan fingerprint density at radius 2 is 1.78 bits per heavy atom. The Morgan fingerprint density at radius 1 is 1.07 bits per heavy atom. The zero-order valence-electron chi connectivity index (χ0n) is 15.8. The maximum absolute atomic E-state index is 5.59. The van der Waals surface area contributed by atoms with E-state index in [2.05, 4.69) is 58.7 Å². The summed E-state index contributed by atoms with van der Waals surface area (Å²) in [7, 11) is 1.77. The molecule has 0 bridgehead atoms. The molecule has 0 aliphatic rings. The van der Waals surface area contributed by atoms with Crippen molar-refractivity contribution in [2.75, 3.05) is 7.05 Å². The molecule has 1 aromatic carbocycles. The lowest BCUT2D eigenvalue weighted by Crippen LogP contribution is -2.36. The smallest absolute Gasteiger partial charge is 0.226 e. The molecule has 7 heteroatoms. The maximum atomic E-state index is 5.59. The van der Waals surface area contributed by atoms with E-state index in [0.29, 0.717) is 12.4 Å². The number of oxazole rings is 1. The van der Waals surface area contributed by atoms with Crippen LogP contribution in [0.25, 0.3) is 11.5 Å². The van der Waals surface area contributed by atoms with E-state index in [-0.39, 0.29) is 24.0 Å². The molecule has 0 spiro atoms. The van der Waals surface area contributed by atoms with Crippen molar-refractivity contribution in [3.05, 3.63) is 63.7 Å². The van der Waals surface area contributed by atoms with Crippen LogP contribution in [0.5, 0.6) is 0 Å². The van der Waals surface area contributed by atoms with Crippen molar-refractivity contribution in [3.63, 3.8) is 0 Å². The molecular formula is C20H25IN4OS. The lowest BCUT2D eigenvalue weighted by Gasteiger charge is -2.09. The van der Waals surface area contributed by atoms with Crippen LogP contribution >= 0.6 is 35.3 Å². The molecule has 3 aromatic rings. The molecule has 0 atom stereocenters. The molecule has 0 saturated carbocycles. The number of hydrogen-bond acceptors (Lipinski definition) is 4. The zero-order valence-corrected chi connectivity index (χ0v) is 18.9. The van der Waals surface area contributed by atoms with E-state index >= 15 is 0 Å². The third-order valence-electron chi connectivity index (χ3n) is 4.01. The van der Waals surface area contributed by atoms with Gasteiger partial charge in [-0.3, -0.25) is 4.99 Å². The fourth-order valence-corrected chi connectivity index (χ4v) is 3.39. The quantitative estimate of drug-likeness (QED) is 0.294. The highest BCUT2D eigenvalue weighted by atomic mass is 127. The van der Waals surface area contributed by atoms with Gasteiger partial charge in [-0.15, -0.1) is 35.3 Å². The van der Waals surface area contributed by atoms with E-state index in [4.69, 9.17) is 4.42 Å². The molecule has 0 saturated heterocycles. The molecule has 0 aliphatic heterocycles. The molecule has 3 rings (SSSR count). The van der Waals surface area contributed by atoms with E-state index in [1.54, 1.807) is 13.3 Å². The average Bonchev–Trinajstić information content (AvgIpc) is 3.32. The van der Waals surface area contributed by atoms with Gasteiger partial charge >= 0.3 is 0 Å². The second-order valence-electron chi connectivity index (χ2n) is 6.01.